The first-order chi connectivity index (χ1) is 11.9. The van der Waals surface area contributed by atoms with Gasteiger partial charge in [0.15, 0.2) is 0 Å². The Morgan fingerprint density at radius 3 is 1.38 bits per heavy atom. The minimum Gasteiger partial charge on any atom is -0.498 e. The molecule has 3 aromatic rings. The molecule has 0 fully saturated rings. The summed E-state index contributed by atoms with van der Waals surface area (Å²) in [6.45, 7) is 2.69. The van der Waals surface area contributed by atoms with Crippen LogP contribution in [0.5, 0.6) is 0 Å². The Morgan fingerprint density at radius 2 is 1.04 bits per heavy atom. The van der Waals surface area contributed by atoms with Gasteiger partial charge in [0, 0.05) is 0 Å². The summed E-state index contributed by atoms with van der Waals surface area (Å²) >= 11 is 0. The Morgan fingerprint density at radius 1 is 0.667 bits per heavy atom. The first-order valence-electron chi connectivity index (χ1n) is 8.23. The number of hydrogen-bond acceptors (Lipinski definition) is 1. The minimum absolute atomic E-state index is 0.675. The van der Waals surface area contributed by atoms with E-state index in [9.17, 15) is 0 Å². The molecule has 0 aliphatic rings. The zero-order valence-corrected chi connectivity index (χ0v) is 14.8. The van der Waals surface area contributed by atoms with Crippen LogP contribution in [-0.2, 0) is 4.74 Å². The predicted octanol–water partition coefficient (Wildman–Crippen LogP) is 4.49. The van der Waals surface area contributed by atoms with Crippen LogP contribution in [0.4, 0.5) is 0 Å². The molecule has 0 heterocycles. The molecule has 0 aliphatic heterocycles. The fourth-order valence-electron chi connectivity index (χ4n) is 2.93. The molecule has 0 saturated carbocycles. The molecule has 1 nitrogen and oxygen atoms in total. The molecule has 0 aromatic heterocycles. The standard InChI is InChI=1S/C22H22OP/c1-2-23-18-19-24(20-12-6-3-7-13-20,21-14-8-4-9-15-21)22-16-10-5-11-17-22/h3-19H,2H2,1H3/q+1/b19-18+. The molecule has 120 valence electrons. The normalized spacial score (nSPS) is 11.5. The molecule has 24 heavy (non-hydrogen) atoms. The van der Waals surface area contributed by atoms with Gasteiger partial charge in [0.1, 0.15) is 35.3 Å². The van der Waals surface area contributed by atoms with E-state index in [-0.39, 0.29) is 0 Å². The molecule has 0 aliphatic carbocycles. The molecule has 0 spiro atoms. The molecule has 0 saturated heterocycles. The van der Waals surface area contributed by atoms with E-state index >= 15 is 0 Å². The number of benzene rings is 3. The van der Waals surface area contributed by atoms with Crippen molar-refractivity contribution in [3.05, 3.63) is 103 Å². The summed E-state index contributed by atoms with van der Waals surface area (Å²) in [6, 6.07) is 32.3. The van der Waals surface area contributed by atoms with Crippen molar-refractivity contribution in [1.82, 2.24) is 0 Å². The molecule has 2 heteroatoms. The highest BCUT2D eigenvalue weighted by atomic mass is 31.2. The van der Waals surface area contributed by atoms with Crippen molar-refractivity contribution in [2.45, 2.75) is 6.92 Å². The van der Waals surface area contributed by atoms with E-state index in [1.807, 2.05) is 13.2 Å². The maximum atomic E-state index is 5.60. The zero-order chi connectivity index (χ0) is 16.7. The van der Waals surface area contributed by atoms with Gasteiger partial charge in [-0.3, -0.25) is 0 Å². The van der Waals surface area contributed by atoms with Crippen LogP contribution >= 0.6 is 7.26 Å². The van der Waals surface area contributed by atoms with Gasteiger partial charge in [-0.15, -0.1) is 0 Å². The van der Waals surface area contributed by atoms with E-state index < -0.39 is 7.26 Å². The van der Waals surface area contributed by atoms with Gasteiger partial charge in [-0.25, -0.2) is 0 Å². The van der Waals surface area contributed by atoms with Crippen molar-refractivity contribution in [2.24, 2.45) is 0 Å². The van der Waals surface area contributed by atoms with Gasteiger partial charge in [0.2, 0.25) is 0 Å². The smallest absolute Gasteiger partial charge is 0.140 e. The first-order valence-corrected chi connectivity index (χ1v) is 10.1. The van der Waals surface area contributed by atoms with Gasteiger partial charge >= 0.3 is 0 Å². The fraction of sp³-hybridized carbons (Fsp3) is 0.0909. The molecule has 0 radical (unpaired) electrons. The quantitative estimate of drug-likeness (QED) is 0.477. The molecule has 0 N–H and O–H groups in total. The van der Waals surface area contributed by atoms with Crippen molar-refractivity contribution in [3.8, 4) is 0 Å². The highest BCUT2D eigenvalue weighted by molar-refractivity contribution is 7.98. The summed E-state index contributed by atoms with van der Waals surface area (Å²) in [5, 5.41) is 4.00. The summed E-state index contributed by atoms with van der Waals surface area (Å²) in [6.07, 6.45) is 1.88. The topological polar surface area (TPSA) is 9.23 Å². The molecular weight excluding hydrogens is 311 g/mol. The van der Waals surface area contributed by atoms with E-state index in [4.69, 9.17) is 4.74 Å². The zero-order valence-electron chi connectivity index (χ0n) is 13.9. The van der Waals surface area contributed by atoms with Crippen LogP contribution in [0.2, 0.25) is 0 Å². The molecule has 3 rings (SSSR count). The maximum Gasteiger partial charge on any atom is 0.140 e. The van der Waals surface area contributed by atoms with Crippen LogP contribution in [0, 0.1) is 0 Å². The van der Waals surface area contributed by atoms with Crippen LogP contribution in [0.3, 0.4) is 0 Å². The SMILES string of the molecule is CCO/C=C/[P+](c1ccccc1)(c1ccccc1)c1ccccc1. The molecule has 3 aromatic carbocycles. The number of hydrogen-bond donors (Lipinski definition) is 0. The lowest BCUT2D eigenvalue weighted by Gasteiger charge is -2.23. The predicted molar refractivity (Wildman–Crippen MR) is 106 cm³/mol. The van der Waals surface area contributed by atoms with Crippen LogP contribution < -0.4 is 15.9 Å². The summed E-state index contributed by atoms with van der Waals surface area (Å²) in [5.74, 6) is 2.27. The molecular formula is C22H22OP+. The Balaban J connectivity index is 2.28. The summed E-state index contributed by atoms with van der Waals surface area (Å²) < 4.78 is 5.60. The maximum absolute atomic E-state index is 5.60. The molecule has 0 atom stereocenters. The number of rotatable bonds is 6. The van der Waals surface area contributed by atoms with Gasteiger partial charge in [-0.2, -0.15) is 0 Å². The number of ether oxygens (including phenoxy) is 1. The lowest BCUT2D eigenvalue weighted by Crippen LogP contribution is -2.29. The second kappa shape index (κ2) is 7.95. The average Bonchev–Trinajstić information content (AvgIpc) is 2.68. The Kier molecular flexibility index (Phi) is 5.46. The van der Waals surface area contributed by atoms with E-state index in [2.05, 4.69) is 96.8 Å². The molecule has 0 amide bonds. The van der Waals surface area contributed by atoms with E-state index in [0.717, 1.165) is 0 Å². The molecule has 0 bridgehead atoms. The molecule has 0 unspecified atom stereocenters. The van der Waals surface area contributed by atoms with Gasteiger partial charge in [0.25, 0.3) is 0 Å². The first kappa shape index (κ1) is 16.5. The third-order valence-electron chi connectivity index (χ3n) is 4.04. The van der Waals surface area contributed by atoms with E-state index in [0.29, 0.717) is 6.61 Å². The van der Waals surface area contributed by atoms with Crippen molar-refractivity contribution >= 4 is 23.2 Å². The van der Waals surface area contributed by atoms with Crippen LogP contribution in [0.1, 0.15) is 6.92 Å². The van der Waals surface area contributed by atoms with Gasteiger partial charge < -0.3 is 4.74 Å². The summed E-state index contributed by atoms with van der Waals surface area (Å²) in [4.78, 5) is 0. The highest BCUT2D eigenvalue weighted by Crippen LogP contribution is 2.56. The Bertz CT molecular complexity index is 670. The van der Waals surface area contributed by atoms with Gasteiger partial charge in [-0.1, -0.05) is 54.6 Å². The second-order valence-electron chi connectivity index (χ2n) is 5.47. The lowest BCUT2D eigenvalue weighted by atomic mass is 10.4. The fourth-order valence-corrected chi connectivity index (χ4v) is 6.53. The minimum atomic E-state index is -1.89. The van der Waals surface area contributed by atoms with Crippen molar-refractivity contribution in [2.75, 3.05) is 6.61 Å². The highest BCUT2D eigenvalue weighted by Gasteiger charge is 2.43. The van der Waals surface area contributed by atoms with Crippen LogP contribution in [-0.4, -0.2) is 6.61 Å². The van der Waals surface area contributed by atoms with Crippen LogP contribution in [0.25, 0.3) is 0 Å². The Hall–Kier alpha value is -2.37. The third-order valence-corrected chi connectivity index (χ3v) is 7.94. The van der Waals surface area contributed by atoms with E-state index in [1.54, 1.807) is 0 Å². The van der Waals surface area contributed by atoms with Crippen molar-refractivity contribution in [3.63, 3.8) is 0 Å². The van der Waals surface area contributed by atoms with Crippen molar-refractivity contribution in [1.29, 1.82) is 0 Å². The van der Waals surface area contributed by atoms with Crippen molar-refractivity contribution < 1.29 is 4.74 Å². The monoisotopic (exact) mass is 333 g/mol. The van der Waals surface area contributed by atoms with Gasteiger partial charge in [0.05, 0.1) is 6.61 Å². The van der Waals surface area contributed by atoms with E-state index in [1.165, 1.54) is 15.9 Å². The third kappa shape index (κ3) is 3.27. The average molecular weight is 333 g/mol. The van der Waals surface area contributed by atoms with Gasteiger partial charge in [-0.05, 0) is 43.3 Å². The second-order valence-corrected chi connectivity index (χ2v) is 8.76. The summed E-state index contributed by atoms with van der Waals surface area (Å²) in [7, 11) is -1.89. The lowest BCUT2D eigenvalue weighted by molar-refractivity contribution is 0.270. The largest absolute Gasteiger partial charge is 0.498 e. The summed E-state index contributed by atoms with van der Waals surface area (Å²) in [5.41, 5.74) is 0. The Labute approximate surface area is 145 Å². The van der Waals surface area contributed by atoms with Crippen LogP contribution in [0.15, 0.2) is 103 Å².